The van der Waals surface area contributed by atoms with Crippen molar-refractivity contribution in [2.75, 3.05) is 20.1 Å². The van der Waals surface area contributed by atoms with E-state index >= 15 is 0 Å². The smallest absolute Gasteiger partial charge is 0.0639 e. The van der Waals surface area contributed by atoms with Gasteiger partial charge in [0.25, 0.3) is 0 Å². The van der Waals surface area contributed by atoms with Crippen LogP contribution in [0.25, 0.3) is 0 Å². The summed E-state index contributed by atoms with van der Waals surface area (Å²) >= 11 is 0. The van der Waals surface area contributed by atoms with Crippen LogP contribution in [0.15, 0.2) is 0 Å². The second kappa shape index (κ2) is 4.94. The van der Waals surface area contributed by atoms with Crippen molar-refractivity contribution in [2.45, 2.75) is 38.3 Å². The highest BCUT2D eigenvalue weighted by Crippen LogP contribution is 2.28. The lowest BCUT2D eigenvalue weighted by Crippen LogP contribution is -2.41. The van der Waals surface area contributed by atoms with Gasteiger partial charge in [-0.3, -0.25) is 0 Å². The van der Waals surface area contributed by atoms with Gasteiger partial charge < -0.3 is 15.7 Å². The predicted molar refractivity (Wildman–Crippen MR) is 54.5 cm³/mol. The van der Waals surface area contributed by atoms with E-state index in [0.717, 1.165) is 13.1 Å². The number of hydrogen-bond acceptors (Lipinski definition) is 3. The Kier molecular flexibility index (Phi) is 4.16. The SMILES string of the molecule is C[C@H](O)CN(C)C1CCCC1CN. The highest BCUT2D eigenvalue weighted by Gasteiger charge is 2.29. The Morgan fingerprint density at radius 2 is 2.23 bits per heavy atom. The molecule has 1 fully saturated rings. The van der Waals surface area contributed by atoms with Crippen LogP contribution in [0.3, 0.4) is 0 Å². The molecule has 0 spiro atoms. The molecule has 2 unspecified atom stereocenters. The maximum Gasteiger partial charge on any atom is 0.0639 e. The fourth-order valence-corrected chi connectivity index (χ4v) is 2.42. The molecule has 1 aliphatic carbocycles. The van der Waals surface area contributed by atoms with Gasteiger partial charge in [0.1, 0.15) is 0 Å². The highest BCUT2D eigenvalue weighted by atomic mass is 16.3. The number of nitrogens with zero attached hydrogens (tertiary/aromatic N) is 1. The van der Waals surface area contributed by atoms with Gasteiger partial charge in [0.15, 0.2) is 0 Å². The van der Waals surface area contributed by atoms with E-state index in [2.05, 4.69) is 11.9 Å². The average Bonchev–Trinajstić information content (AvgIpc) is 2.49. The maximum atomic E-state index is 9.27. The topological polar surface area (TPSA) is 49.5 Å². The van der Waals surface area contributed by atoms with Gasteiger partial charge in [-0.05, 0) is 39.3 Å². The third-order valence-corrected chi connectivity index (χ3v) is 3.04. The first kappa shape index (κ1) is 11.0. The Balaban J connectivity index is 2.40. The summed E-state index contributed by atoms with van der Waals surface area (Å²) in [5.74, 6) is 0.642. The van der Waals surface area contributed by atoms with Crippen molar-refractivity contribution in [3.8, 4) is 0 Å². The van der Waals surface area contributed by atoms with E-state index in [9.17, 15) is 5.11 Å². The van der Waals surface area contributed by atoms with Gasteiger partial charge in [-0.15, -0.1) is 0 Å². The van der Waals surface area contributed by atoms with E-state index in [1.807, 2.05) is 6.92 Å². The van der Waals surface area contributed by atoms with Crippen LogP contribution in [0, 0.1) is 5.92 Å². The summed E-state index contributed by atoms with van der Waals surface area (Å²) in [5.41, 5.74) is 5.70. The van der Waals surface area contributed by atoms with Crippen molar-refractivity contribution in [3.05, 3.63) is 0 Å². The number of aliphatic hydroxyl groups is 1. The van der Waals surface area contributed by atoms with E-state index in [1.54, 1.807) is 0 Å². The second-order valence-electron chi connectivity index (χ2n) is 4.28. The molecule has 0 heterocycles. The fourth-order valence-electron chi connectivity index (χ4n) is 2.42. The Labute approximate surface area is 80.9 Å². The van der Waals surface area contributed by atoms with Crippen LogP contribution < -0.4 is 5.73 Å². The zero-order valence-corrected chi connectivity index (χ0v) is 8.74. The van der Waals surface area contributed by atoms with Crippen molar-refractivity contribution >= 4 is 0 Å². The molecule has 78 valence electrons. The summed E-state index contributed by atoms with van der Waals surface area (Å²) in [4.78, 5) is 2.26. The van der Waals surface area contributed by atoms with Gasteiger partial charge in [0, 0.05) is 12.6 Å². The normalized spacial score (nSPS) is 31.2. The molecule has 0 bridgehead atoms. The van der Waals surface area contributed by atoms with Crippen LogP contribution in [-0.4, -0.2) is 42.3 Å². The van der Waals surface area contributed by atoms with E-state index in [1.165, 1.54) is 19.3 Å². The summed E-state index contributed by atoms with van der Waals surface area (Å²) in [6.45, 7) is 3.39. The molecule has 3 N–H and O–H groups in total. The summed E-state index contributed by atoms with van der Waals surface area (Å²) in [5, 5.41) is 9.27. The molecule has 13 heavy (non-hydrogen) atoms. The summed E-state index contributed by atoms with van der Waals surface area (Å²) in [6, 6.07) is 0.597. The Morgan fingerprint density at radius 1 is 1.54 bits per heavy atom. The van der Waals surface area contributed by atoms with Crippen LogP contribution in [-0.2, 0) is 0 Å². The quantitative estimate of drug-likeness (QED) is 0.669. The third kappa shape index (κ3) is 2.93. The number of aliphatic hydroxyl groups excluding tert-OH is 1. The second-order valence-corrected chi connectivity index (χ2v) is 4.28. The largest absolute Gasteiger partial charge is 0.392 e. The first-order valence-corrected chi connectivity index (χ1v) is 5.23. The molecule has 3 atom stereocenters. The van der Waals surface area contributed by atoms with Crippen molar-refractivity contribution in [1.29, 1.82) is 0 Å². The molecule has 0 aromatic carbocycles. The van der Waals surface area contributed by atoms with Crippen molar-refractivity contribution < 1.29 is 5.11 Å². The van der Waals surface area contributed by atoms with Crippen LogP contribution >= 0.6 is 0 Å². The van der Waals surface area contributed by atoms with Crippen LogP contribution in [0.4, 0.5) is 0 Å². The highest BCUT2D eigenvalue weighted by molar-refractivity contribution is 4.84. The van der Waals surface area contributed by atoms with Gasteiger partial charge in [-0.2, -0.15) is 0 Å². The van der Waals surface area contributed by atoms with E-state index in [4.69, 9.17) is 5.73 Å². The first-order chi connectivity index (χ1) is 6.15. The number of likely N-dealkylation sites (N-methyl/N-ethyl adjacent to an activating group) is 1. The zero-order valence-electron chi connectivity index (χ0n) is 8.74. The standard InChI is InChI=1S/C10H22N2O/c1-8(13)7-12(2)10-5-3-4-9(10)6-11/h8-10,13H,3-7,11H2,1-2H3/t8-,9?,10?/m0/s1. The van der Waals surface area contributed by atoms with Gasteiger partial charge in [0.05, 0.1) is 6.10 Å². The molecule has 3 nitrogen and oxygen atoms in total. The summed E-state index contributed by atoms with van der Waals surface area (Å²) in [7, 11) is 2.09. The molecular weight excluding hydrogens is 164 g/mol. The Hall–Kier alpha value is -0.120. The molecule has 0 amide bonds. The van der Waals surface area contributed by atoms with Crippen LogP contribution in [0.5, 0.6) is 0 Å². The molecule has 0 aromatic heterocycles. The lowest BCUT2D eigenvalue weighted by Gasteiger charge is -2.29. The van der Waals surface area contributed by atoms with Gasteiger partial charge in [0.2, 0.25) is 0 Å². The molecule has 1 aliphatic rings. The van der Waals surface area contributed by atoms with Gasteiger partial charge in [-0.1, -0.05) is 6.42 Å². The monoisotopic (exact) mass is 186 g/mol. The molecule has 0 saturated heterocycles. The van der Waals surface area contributed by atoms with Crippen molar-refractivity contribution in [2.24, 2.45) is 11.7 Å². The van der Waals surface area contributed by atoms with Gasteiger partial charge >= 0.3 is 0 Å². The molecule has 0 radical (unpaired) electrons. The Bertz CT molecular complexity index is 150. The summed E-state index contributed by atoms with van der Waals surface area (Å²) < 4.78 is 0. The van der Waals surface area contributed by atoms with E-state index < -0.39 is 0 Å². The Morgan fingerprint density at radius 3 is 2.77 bits per heavy atom. The minimum Gasteiger partial charge on any atom is -0.392 e. The average molecular weight is 186 g/mol. The molecule has 0 aliphatic heterocycles. The minimum absolute atomic E-state index is 0.232. The maximum absolute atomic E-state index is 9.27. The lowest BCUT2D eigenvalue weighted by molar-refractivity contribution is 0.104. The molecule has 1 rings (SSSR count). The van der Waals surface area contributed by atoms with Gasteiger partial charge in [-0.25, -0.2) is 0 Å². The van der Waals surface area contributed by atoms with Crippen molar-refractivity contribution in [3.63, 3.8) is 0 Å². The summed E-state index contributed by atoms with van der Waals surface area (Å²) in [6.07, 6.45) is 3.55. The number of rotatable bonds is 4. The molecule has 0 aromatic rings. The van der Waals surface area contributed by atoms with Crippen LogP contribution in [0.1, 0.15) is 26.2 Å². The fraction of sp³-hybridized carbons (Fsp3) is 1.00. The van der Waals surface area contributed by atoms with E-state index in [-0.39, 0.29) is 6.10 Å². The van der Waals surface area contributed by atoms with Crippen molar-refractivity contribution in [1.82, 2.24) is 4.90 Å². The van der Waals surface area contributed by atoms with Crippen LogP contribution in [0.2, 0.25) is 0 Å². The third-order valence-electron chi connectivity index (χ3n) is 3.04. The number of hydrogen-bond donors (Lipinski definition) is 2. The molecule has 3 heteroatoms. The lowest BCUT2D eigenvalue weighted by atomic mass is 10.0. The van der Waals surface area contributed by atoms with E-state index in [0.29, 0.717) is 12.0 Å². The molecular formula is C10H22N2O. The number of nitrogens with two attached hydrogens (primary N) is 1. The minimum atomic E-state index is -0.232. The predicted octanol–water partition coefficient (Wildman–Crippen LogP) is 0.426. The first-order valence-electron chi connectivity index (χ1n) is 5.23. The molecule has 1 saturated carbocycles. The zero-order chi connectivity index (χ0) is 9.84.